The molecule has 19 heavy (non-hydrogen) atoms. The lowest BCUT2D eigenvalue weighted by Gasteiger charge is -2.27. The molecule has 1 atom stereocenters. The summed E-state index contributed by atoms with van der Waals surface area (Å²) in [6.07, 6.45) is 8.66. The minimum atomic E-state index is 0.123. The Kier molecular flexibility index (Phi) is 3.31. The number of hydrogen-bond acceptors (Lipinski definition) is 2. The molecule has 3 rings (SSSR count). The number of hydrogen-bond donors (Lipinski definition) is 1. The molecule has 0 saturated heterocycles. The van der Waals surface area contributed by atoms with Crippen molar-refractivity contribution in [2.24, 2.45) is 11.7 Å². The lowest BCUT2D eigenvalue weighted by atomic mass is 9.83. The van der Waals surface area contributed by atoms with E-state index in [0.717, 1.165) is 11.3 Å². The van der Waals surface area contributed by atoms with Crippen LogP contribution in [0.3, 0.4) is 0 Å². The molecule has 1 unspecified atom stereocenters. The van der Waals surface area contributed by atoms with Crippen LogP contribution in [0.4, 0.5) is 0 Å². The van der Waals surface area contributed by atoms with Crippen molar-refractivity contribution in [2.45, 2.75) is 52.0 Å². The highest BCUT2D eigenvalue weighted by atomic mass is 15.0. The van der Waals surface area contributed by atoms with E-state index in [1.807, 2.05) is 0 Å². The number of imidazole rings is 1. The van der Waals surface area contributed by atoms with E-state index in [9.17, 15) is 0 Å². The Morgan fingerprint density at radius 1 is 1.26 bits per heavy atom. The normalized spacial score (nSPS) is 18.9. The van der Waals surface area contributed by atoms with Gasteiger partial charge in [-0.3, -0.25) is 0 Å². The predicted molar refractivity (Wildman–Crippen MR) is 78.2 cm³/mol. The van der Waals surface area contributed by atoms with Crippen molar-refractivity contribution in [3.8, 4) is 0 Å². The molecular formula is C16H23N3. The Bertz CT molecular complexity index is 579. The molecule has 1 saturated carbocycles. The summed E-state index contributed by atoms with van der Waals surface area (Å²) < 4.78 is 2.18. The summed E-state index contributed by atoms with van der Waals surface area (Å²) >= 11 is 0. The molecule has 2 N–H and O–H groups in total. The number of aryl methyl sites for hydroxylation is 2. The van der Waals surface area contributed by atoms with E-state index in [1.54, 1.807) is 0 Å². The zero-order valence-electron chi connectivity index (χ0n) is 11.9. The molecule has 2 aromatic heterocycles. The van der Waals surface area contributed by atoms with Crippen molar-refractivity contribution in [3.63, 3.8) is 0 Å². The molecule has 0 spiro atoms. The minimum Gasteiger partial charge on any atom is -0.322 e. The van der Waals surface area contributed by atoms with Crippen LogP contribution in [-0.4, -0.2) is 9.38 Å². The van der Waals surface area contributed by atoms with E-state index in [1.165, 1.54) is 43.4 Å². The van der Waals surface area contributed by atoms with Gasteiger partial charge in [-0.25, -0.2) is 4.98 Å². The molecule has 102 valence electrons. The molecule has 1 aliphatic carbocycles. The number of nitrogens with two attached hydrogens (primary N) is 1. The number of pyridine rings is 1. The molecule has 0 amide bonds. The van der Waals surface area contributed by atoms with Crippen LogP contribution in [-0.2, 0) is 0 Å². The van der Waals surface area contributed by atoms with Crippen LogP contribution >= 0.6 is 0 Å². The number of nitrogens with zero attached hydrogens (tertiary/aromatic N) is 2. The second-order valence-corrected chi connectivity index (χ2v) is 5.94. The first kappa shape index (κ1) is 12.7. The highest BCUT2D eigenvalue weighted by molar-refractivity contribution is 5.46. The van der Waals surface area contributed by atoms with E-state index >= 15 is 0 Å². The first-order chi connectivity index (χ1) is 9.16. The van der Waals surface area contributed by atoms with Crippen LogP contribution < -0.4 is 5.73 Å². The molecule has 2 heterocycles. The second-order valence-electron chi connectivity index (χ2n) is 5.94. The summed E-state index contributed by atoms with van der Waals surface area (Å²) in [7, 11) is 0. The molecule has 0 aliphatic heterocycles. The Balaban J connectivity index is 2.01. The van der Waals surface area contributed by atoms with Crippen molar-refractivity contribution in [3.05, 3.63) is 35.3 Å². The van der Waals surface area contributed by atoms with Gasteiger partial charge in [0.2, 0.25) is 0 Å². The number of fused-ring (bicyclic) bond motifs is 1. The largest absolute Gasteiger partial charge is 0.322 e. The highest BCUT2D eigenvalue weighted by Gasteiger charge is 2.25. The van der Waals surface area contributed by atoms with Gasteiger partial charge in [-0.15, -0.1) is 0 Å². The van der Waals surface area contributed by atoms with Crippen molar-refractivity contribution in [1.29, 1.82) is 0 Å². The number of aromatic nitrogens is 2. The lowest BCUT2D eigenvalue weighted by molar-refractivity contribution is 0.303. The average molecular weight is 257 g/mol. The standard InChI is InChI=1S/C16H23N3/c1-11-8-9-19-14(10-11)18-12(2)16(19)15(17)13-6-4-3-5-7-13/h8-10,13,15H,3-7,17H2,1-2H3. The molecule has 0 aromatic carbocycles. The van der Waals surface area contributed by atoms with Crippen LogP contribution in [0.25, 0.3) is 5.65 Å². The summed E-state index contributed by atoms with van der Waals surface area (Å²) in [4.78, 5) is 4.67. The smallest absolute Gasteiger partial charge is 0.137 e. The average Bonchev–Trinajstić information content (AvgIpc) is 2.74. The summed E-state index contributed by atoms with van der Waals surface area (Å²) in [5.74, 6) is 0.619. The van der Waals surface area contributed by atoms with Crippen LogP contribution in [0.2, 0.25) is 0 Å². The van der Waals surface area contributed by atoms with E-state index in [4.69, 9.17) is 5.73 Å². The third kappa shape index (κ3) is 2.27. The monoisotopic (exact) mass is 257 g/mol. The van der Waals surface area contributed by atoms with E-state index in [2.05, 4.69) is 41.6 Å². The van der Waals surface area contributed by atoms with Gasteiger partial charge in [-0.05, 0) is 50.3 Å². The van der Waals surface area contributed by atoms with E-state index in [0.29, 0.717) is 5.92 Å². The zero-order chi connectivity index (χ0) is 13.4. The summed E-state index contributed by atoms with van der Waals surface area (Å²) in [5, 5.41) is 0. The SMILES string of the molecule is Cc1ccn2c(C(N)C3CCCCC3)c(C)nc2c1. The van der Waals surface area contributed by atoms with Crippen molar-refractivity contribution >= 4 is 5.65 Å². The van der Waals surface area contributed by atoms with Crippen molar-refractivity contribution in [2.75, 3.05) is 0 Å². The van der Waals surface area contributed by atoms with E-state index in [-0.39, 0.29) is 6.04 Å². The van der Waals surface area contributed by atoms with Gasteiger partial charge in [0, 0.05) is 6.20 Å². The minimum absolute atomic E-state index is 0.123. The second kappa shape index (κ2) is 4.97. The Morgan fingerprint density at radius 2 is 2.00 bits per heavy atom. The van der Waals surface area contributed by atoms with Gasteiger partial charge < -0.3 is 10.1 Å². The third-order valence-electron chi connectivity index (χ3n) is 4.48. The van der Waals surface area contributed by atoms with Gasteiger partial charge in [-0.1, -0.05) is 19.3 Å². The van der Waals surface area contributed by atoms with Gasteiger partial charge in [-0.2, -0.15) is 0 Å². The van der Waals surface area contributed by atoms with Gasteiger partial charge in [0.05, 0.1) is 17.4 Å². The third-order valence-corrected chi connectivity index (χ3v) is 4.48. The Labute approximate surface area is 114 Å². The molecule has 0 radical (unpaired) electrons. The molecule has 3 nitrogen and oxygen atoms in total. The van der Waals surface area contributed by atoms with Crippen LogP contribution in [0.1, 0.15) is 55.1 Å². The van der Waals surface area contributed by atoms with E-state index < -0.39 is 0 Å². The van der Waals surface area contributed by atoms with Gasteiger partial charge in [0.1, 0.15) is 5.65 Å². The molecular weight excluding hydrogens is 234 g/mol. The molecule has 0 bridgehead atoms. The fraction of sp³-hybridized carbons (Fsp3) is 0.562. The Hall–Kier alpha value is -1.35. The first-order valence-electron chi connectivity index (χ1n) is 7.37. The fourth-order valence-corrected chi connectivity index (χ4v) is 3.40. The summed E-state index contributed by atoms with van der Waals surface area (Å²) in [6.45, 7) is 4.19. The maximum atomic E-state index is 6.56. The molecule has 1 fully saturated rings. The topological polar surface area (TPSA) is 43.3 Å². The zero-order valence-corrected chi connectivity index (χ0v) is 11.9. The number of rotatable bonds is 2. The summed E-state index contributed by atoms with van der Waals surface area (Å²) in [6, 6.07) is 4.38. The quantitative estimate of drug-likeness (QED) is 0.894. The maximum absolute atomic E-state index is 6.56. The molecule has 3 heteroatoms. The van der Waals surface area contributed by atoms with Gasteiger partial charge >= 0.3 is 0 Å². The highest BCUT2D eigenvalue weighted by Crippen LogP contribution is 2.34. The van der Waals surface area contributed by atoms with Gasteiger partial charge in [0.25, 0.3) is 0 Å². The first-order valence-corrected chi connectivity index (χ1v) is 7.37. The molecule has 2 aromatic rings. The summed E-state index contributed by atoms with van der Waals surface area (Å²) in [5.41, 5.74) is 11.1. The predicted octanol–water partition coefficient (Wildman–Crippen LogP) is 3.53. The Morgan fingerprint density at radius 3 is 2.74 bits per heavy atom. The lowest BCUT2D eigenvalue weighted by Crippen LogP contribution is -2.25. The van der Waals surface area contributed by atoms with Crippen molar-refractivity contribution < 1.29 is 0 Å². The van der Waals surface area contributed by atoms with Crippen LogP contribution in [0.15, 0.2) is 18.3 Å². The van der Waals surface area contributed by atoms with Crippen molar-refractivity contribution in [1.82, 2.24) is 9.38 Å². The molecule has 1 aliphatic rings. The fourth-order valence-electron chi connectivity index (χ4n) is 3.40. The van der Waals surface area contributed by atoms with Crippen LogP contribution in [0, 0.1) is 19.8 Å². The van der Waals surface area contributed by atoms with Crippen LogP contribution in [0.5, 0.6) is 0 Å². The van der Waals surface area contributed by atoms with Gasteiger partial charge in [0.15, 0.2) is 0 Å². The maximum Gasteiger partial charge on any atom is 0.137 e.